The summed E-state index contributed by atoms with van der Waals surface area (Å²) < 4.78 is 26.3. The molecule has 0 bridgehead atoms. The molecule has 1 amide bonds. The zero-order chi connectivity index (χ0) is 15.0. The summed E-state index contributed by atoms with van der Waals surface area (Å²) in [5.41, 5.74) is 0.281. The first kappa shape index (κ1) is 16.6. The zero-order valence-corrected chi connectivity index (χ0v) is 11.7. The number of benzene rings is 1. The SMILES string of the molecule is CCCC(O)CNC(=O)CCCc1cc(F)ccc1F. The van der Waals surface area contributed by atoms with Crippen LogP contribution in [0, 0.1) is 11.6 Å². The second-order valence-corrected chi connectivity index (χ2v) is 4.84. The molecule has 0 spiro atoms. The molecule has 2 N–H and O–H groups in total. The van der Waals surface area contributed by atoms with E-state index >= 15 is 0 Å². The minimum Gasteiger partial charge on any atom is -0.391 e. The third-order valence-corrected chi connectivity index (χ3v) is 3.01. The number of aliphatic hydroxyl groups excluding tert-OH is 1. The summed E-state index contributed by atoms with van der Waals surface area (Å²) in [7, 11) is 0. The molecular formula is C15H21F2NO2. The predicted molar refractivity (Wildman–Crippen MR) is 73.2 cm³/mol. The second kappa shape index (κ2) is 8.64. The van der Waals surface area contributed by atoms with Gasteiger partial charge < -0.3 is 10.4 Å². The Bertz CT molecular complexity index is 438. The molecule has 0 saturated heterocycles. The van der Waals surface area contributed by atoms with Gasteiger partial charge in [-0.25, -0.2) is 8.78 Å². The van der Waals surface area contributed by atoms with E-state index in [9.17, 15) is 18.7 Å². The largest absolute Gasteiger partial charge is 0.391 e. The lowest BCUT2D eigenvalue weighted by molar-refractivity contribution is -0.121. The number of amides is 1. The van der Waals surface area contributed by atoms with E-state index in [1.165, 1.54) is 0 Å². The van der Waals surface area contributed by atoms with Crippen LogP contribution in [0.1, 0.15) is 38.2 Å². The molecule has 1 atom stereocenters. The fourth-order valence-corrected chi connectivity index (χ4v) is 1.93. The van der Waals surface area contributed by atoms with Crippen LogP contribution in [0.4, 0.5) is 8.78 Å². The Morgan fingerprint density at radius 1 is 1.40 bits per heavy atom. The van der Waals surface area contributed by atoms with E-state index in [2.05, 4.69) is 5.32 Å². The van der Waals surface area contributed by atoms with Crippen molar-refractivity contribution in [1.29, 1.82) is 0 Å². The lowest BCUT2D eigenvalue weighted by Crippen LogP contribution is -2.31. The van der Waals surface area contributed by atoms with Crippen molar-refractivity contribution in [2.75, 3.05) is 6.54 Å². The van der Waals surface area contributed by atoms with E-state index in [1.54, 1.807) is 0 Å². The van der Waals surface area contributed by atoms with E-state index < -0.39 is 17.7 Å². The number of halogens is 2. The minimum absolute atomic E-state index is 0.183. The van der Waals surface area contributed by atoms with Crippen molar-refractivity contribution in [2.45, 2.75) is 45.1 Å². The van der Waals surface area contributed by atoms with Crippen LogP contribution in [-0.2, 0) is 11.2 Å². The van der Waals surface area contributed by atoms with Gasteiger partial charge >= 0.3 is 0 Å². The van der Waals surface area contributed by atoms with Gasteiger partial charge in [-0.15, -0.1) is 0 Å². The first-order valence-corrected chi connectivity index (χ1v) is 6.91. The van der Waals surface area contributed by atoms with E-state index in [1.807, 2.05) is 6.92 Å². The summed E-state index contributed by atoms with van der Waals surface area (Å²) in [6, 6.07) is 3.31. The number of carbonyl (C=O) groups is 1. The highest BCUT2D eigenvalue weighted by Crippen LogP contribution is 2.12. The Morgan fingerprint density at radius 3 is 2.85 bits per heavy atom. The molecule has 0 radical (unpaired) electrons. The number of hydrogen-bond acceptors (Lipinski definition) is 2. The van der Waals surface area contributed by atoms with Gasteiger partial charge in [0.25, 0.3) is 0 Å². The monoisotopic (exact) mass is 285 g/mol. The summed E-state index contributed by atoms with van der Waals surface area (Å²) >= 11 is 0. The van der Waals surface area contributed by atoms with E-state index in [0.717, 1.165) is 24.6 Å². The van der Waals surface area contributed by atoms with Gasteiger partial charge in [0.2, 0.25) is 5.91 Å². The maximum absolute atomic E-state index is 13.3. The Morgan fingerprint density at radius 2 is 2.15 bits per heavy atom. The summed E-state index contributed by atoms with van der Waals surface area (Å²) in [5.74, 6) is -1.12. The summed E-state index contributed by atoms with van der Waals surface area (Å²) in [5, 5.41) is 12.1. The van der Waals surface area contributed by atoms with Gasteiger partial charge in [0.1, 0.15) is 11.6 Å². The second-order valence-electron chi connectivity index (χ2n) is 4.84. The minimum atomic E-state index is -0.524. The lowest BCUT2D eigenvalue weighted by atomic mass is 10.1. The van der Waals surface area contributed by atoms with Crippen LogP contribution in [0.15, 0.2) is 18.2 Å². The molecule has 0 heterocycles. The van der Waals surface area contributed by atoms with Gasteiger partial charge in [-0.1, -0.05) is 13.3 Å². The number of rotatable bonds is 8. The van der Waals surface area contributed by atoms with Gasteiger partial charge in [0, 0.05) is 13.0 Å². The lowest BCUT2D eigenvalue weighted by Gasteiger charge is -2.10. The van der Waals surface area contributed by atoms with E-state index in [-0.39, 0.29) is 24.4 Å². The van der Waals surface area contributed by atoms with Crippen molar-refractivity contribution in [3.63, 3.8) is 0 Å². The zero-order valence-electron chi connectivity index (χ0n) is 11.7. The maximum atomic E-state index is 13.3. The Hall–Kier alpha value is -1.49. The molecule has 3 nitrogen and oxygen atoms in total. The van der Waals surface area contributed by atoms with Crippen molar-refractivity contribution in [3.05, 3.63) is 35.4 Å². The molecule has 5 heteroatoms. The number of nitrogens with one attached hydrogen (secondary N) is 1. The number of hydrogen-bond donors (Lipinski definition) is 2. The molecule has 0 aliphatic heterocycles. The molecule has 0 aliphatic rings. The molecule has 0 saturated carbocycles. The highest BCUT2D eigenvalue weighted by molar-refractivity contribution is 5.75. The van der Waals surface area contributed by atoms with Crippen LogP contribution in [-0.4, -0.2) is 23.7 Å². The topological polar surface area (TPSA) is 49.3 Å². The van der Waals surface area contributed by atoms with Crippen molar-refractivity contribution in [1.82, 2.24) is 5.32 Å². The highest BCUT2D eigenvalue weighted by atomic mass is 19.1. The van der Waals surface area contributed by atoms with Crippen molar-refractivity contribution in [3.8, 4) is 0 Å². The van der Waals surface area contributed by atoms with Crippen LogP contribution in [0.25, 0.3) is 0 Å². The van der Waals surface area contributed by atoms with Crippen molar-refractivity contribution >= 4 is 5.91 Å². The summed E-state index contributed by atoms with van der Waals surface area (Å²) in [6.45, 7) is 2.19. The third-order valence-electron chi connectivity index (χ3n) is 3.01. The Labute approximate surface area is 118 Å². The van der Waals surface area contributed by atoms with E-state index in [0.29, 0.717) is 19.3 Å². The highest BCUT2D eigenvalue weighted by Gasteiger charge is 2.08. The fraction of sp³-hybridized carbons (Fsp3) is 0.533. The molecular weight excluding hydrogens is 264 g/mol. The molecule has 0 fully saturated rings. The quantitative estimate of drug-likeness (QED) is 0.771. The number of carbonyl (C=O) groups excluding carboxylic acids is 1. The molecule has 1 rings (SSSR count). The molecule has 0 aliphatic carbocycles. The Kier molecular flexibility index (Phi) is 7.15. The van der Waals surface area contributed by atoms with Gasteiger partial charge in [0.15, 0.2) is 0 Å². The smallest absolute Gasteiger partial charge is 0.220 e. The van der Waals surface area contributed by atoms with E-state index in [4.69, 9.17) is 0 Å². The van der Waals surface area contributed by atoms with Crippen molar-refractivity contribution in [2.24, 2.45) is 0 Å². The molecule has 0 aromatic heterocycles. The molecule has 1 aromatic rings. The average molecular weight is 285 g/mol. The van der Waals surface area contributed by atoms with Gasteiger partial charge in [-0.05, 0) is 43.0 Å². The van der Waals surface area contributed by atoms with Gasteiger partial charge in [-0.3, -0.25) is 4.79 Å². The Balaban J connectivity index is 2.26. The third kappa shape index (κ3) is 6.10. The van der Waals surface area contributed by atoms with Crippen LogP contribution >= 0.6 is 0 Å². The first-order valence-electron chi connectivity index (χ1n) is 6.91. The number of aryl methyl sites for hydroxylation is 1. The number of aliphatic hydroxyl groups is 1. The average Bonchev–Trinajstić information content (AvgIpc) is 2.41. The maximum Gasteiger partial charge on any atom is 0.220 e. The predicted octanol–water partition coefficient (Wildman–Crippen LogP) is 2.56. The van der Waals surface area contributed by atoms with Gasteiger partial charge in [0.05, 0.1) is 6.10 Å². The standard InChI is InChI=1S/C15H21F2NO2/c1-2-4-13(19)10-18-15(20)6-3-5-11-9-12(16)7-8-14(11)17/h7-9,13,19H,2-6,10H2,1H3,(H,18,20). The summed E-state index contributed by atoms with van der Waals surface area (Å²) in [6.07, 6.45) is 1.97. The molecule has 1 aromatic carbocycles. The first-order chi connectivity index (χ1) is 9.52. The van der Waals surface area contributed by atoms with Crippen LogP contribution < -0.4 is 5.32 Å². The normalized spacial score (nSPS) is 12.2. The molecule has 20 heavy (non-hydrogen) atoms. The van der Waals surface area contributed by atoms with Crippen LogP contribution in [0.3, 0.4) is 0 Å². The molecule has 1 unspecified atom stereocenters. The van der Waals surface area contributed by atoms with Crippen molar-refractivity contribution < 1.29 is 18.7 Å². The van der Waals surface area contributed by atoms with Gasteiger partial charge in [-0.2, -0.15) is 0 Å². The fourth-order valence-electron chi connectivity index (χ4n) is 1.93. The molecule has 112 valence electrons. The van der Waals surface area contributed by atoms with Crippen LogP contribution in [0.5, 0.6) is 0 Å². The summed E-state index contributed by atoms with van der Waals surface area (Å²) in [4.78, 5) is 11.5. The van der Waals surface area contributed by atoms with Crippen LogP contribution in [0.2, 0.25) is 0 Å².